The second-order valence-corrected chi connectivity index (χ2v) is 8.91. The first-order valence-electron chi connectivity index (χ1n) is 8.67. The molecule has 3 aliphatic carbocycles. The van der Waals surface area contributed by atoms with Crippen LogP contribution in [0.2, 0.25) is 0 Å². The topological polar surface area (TPSA) is 0 Å². The van der Waals surface area contributed by atoms with E-state index < -0.39 is 0 Å². The average Bonchev–Trinajstić information content (AvgIpc) is 2.40. The lowest BCUT2D eigenvalue weighted by Crippen LogP contribution is -2.44. The quantitative estimate of drug-likeness (QED) is 0.492. The molecule has 3 unspecified atom stereocenters. The molecule has 0 radical (unpaired) electrons. The minimum absolute atomic E-state index is 0.395. The summed E-state index contributed by atoms with van der Waals surface area (Å²) in [6.07, 6.45) is 13.3. The highest BCUT2D eigenvalue weighted by Gasteiger charge is 2.50. The third kappa shape index (κ3) is 2.02. The molecule has 0 spiro atoms. The molecule has 0 aromatic heterocycles. The van der Waals surface area contributed by atoms with Crippen LogP contribution in [-0.2, 0) is 0 Å². The van der Waals surface area contributed by atoms with Gasteiger partial charge in [0.05, 0.1) is 0 Å². The molecule has 1 fully saturated rings. The number of rotatable bonds is 1. The van der Waals surface area contributed by atoms with Crippen molar-refractivity contribution in [1.82, 2.24) is 0 Å². The summed E-state index contributed by atoms with van der Waals surface area (Å²) in [5.41, 5.74) is 5.11. The van der Waals surface area contributed by atoms with Crippen LogP contribution in [0.15, 0.2) is 23.8 Å². The normalized spacial score (nSPS) is 43.7. The molecule has 1 saturated carbocycles. The molecule has 0 aromatic rings. The Morgan fingerprint density at radius 1 is 1.00 bits per heavy atom. The van der Waals surface area contributed by atoms with Crippen molar-refractivity contribution >= 4 is 0 Å². The van der Waals surface area contributed by atoms with Gasteiger partial charge in [-0.1, -0.05) is 44.9 Å². The third-order valence-corrected chi connectivity index (χ3v) is 7.16. The van der Waals surface area contributed by atoms with Crippen LogP contribution in [-0.4, -0.2) is 0 Å². The maximum atomic E-state index is 4.11. The smallest absolute Gasteiger partial charge is 0.00845 e. The van der Waals surface area contributed by atoms with Gasteiger partial charge >= 0.3 is 0 Å². The van der Waals surface area contributed by atoms with Crippen molar-refractivity contribution in [3.8, 4) is 0 Å². The van der Waals surface area contributed by atoms with Crippen LogP contribution in [0.5, 0.6) is 0 Å². The summed E-state index contributed by atoms with van der Waals surface area (Å²) in [6, 6.07) is 0. The molecular weight excluding hydrogens is 240 g/mol. The van der Waals surface area contributed by atoms with E-state index in [4.69, 9.17) is 0 Å². The molecule has 0 heterocycles. The van der Waals surface area contributed by atoms with E-state index in [1.54, 1.807) is 0 Å². The Kier molecular flexibility index (Phi) is 3.23. The molecule has 0 bridgehead atoms. The van der Waals surface area contributed by atoms with E-state index in [0.717, 1.165) is 5.92 Å². The fourth-order valence-corrected chi connectivity index (χ4v) is 5.50. The first-order chi connectivity index (χ1) is 9.31. The highest BCUT2D eigenvalue weighted by molar-refractivity contribution is 5.33. The van der Waals surface area contributed by atoms with Crippen LogP contribution >= 0.6 is 0 Å². The second kappa shape index (κ2) is 4.49. The van der Waals surface area contributed by atoms with Crippen molar-refractivity contribution in [2.45, 2.75) is 79.1 Å². The van der Waals surface area contributed by atoms with Gasteiger partial charge in [-0.25, -0.2) is 0 Å². The maximum absolute atomic E-state index is 4.11. The van der Waals surface area contributed by atoms with Crippen LogP contribution in [0.25, 0.3) is 0 Å². The number of hydrogen-bond donors (Lipinski definition) is 0. The summed E-state index contributed by atoms with van der Waals surface area (Å²) < 4.78 is 0. The van der Waals surface area contributed by atoms with Crippen LogP contribution in [0, 0.1) is 22.2 Å². The van der Waals surface area contributed by atoms with Crippen molar-refractivity contribution in [2.75, 3.05) is 0 Å². The summed E-state index contributed by atoms with van der Waals surface area (Å²) >= 11 is 0. The molecule has 0 aliphatic heterocycles. The Balaban J connectivity index is 1.98. The Morgan fingerprint density at radius 3 is 2.45 bits per heavy atom. The zero-order valence-corrected chi connectivity index (χ0v) is 14.0. The minimum atomic E-state index is 0.395. The first-order valence-corrected chi connectivity index (χ1v) is 8.67. The van der Waals surface area contributed by atoms with E-state index in [2.05, 4.69) is 40.3 Å². The molecule has 0 saturated heterocycles. The Hall–Kier alpha value is -0.520. The second-order valence-electron chi connectivity index (χ2n) is 8.91. The van der Waals surface area contributed by atoms with E-state index in [9.17, 15) is 0 Å². The molecule has 112 valence electrons. The average molecular weight is 272 g/mol. The lowest BCUT2D eigenvalue weighted by Gasteiger charge is -2.55. The molecule has 20 heavy (non-hydrogen) atoms. The fourth-order valence-electron chi connectivity index (χ4n) is 5.50. The highest BCUT2D eigenvalue weighted by atomic mass is 14.5. The monoisotopic (exact) mass is 272 g/mol. The van der Waals surface area contributed by atoms with Gasteiger partial charge in [0.1, 0.15) is 0 Å². The summed E-state index contributed by atoms with van der Waals surface area (Å²) in [5, 5.41) is 0. The van der Waals surface area contributed by atoms with Gasteiger partial charge in [0.15, 0.2) is 0 Å². The minimum Gasteiger partial charge on any atom is -0.103 e. The van der Waals surface area contributed by atoms with Gasteiger partial charge in [-0.15, -0.1) is 6.58 Å². The predicted molar refractivity (Wildman–Crippen MR) is 87.6 cm³/mol. The van der Waals surface area contributed by atoms with Crippen LogP contribution in [0.1, 0.15) is 79.1 Å². The van der Waals surface area contributed by atoms with Crippen molar-refractivity contribution < 1.29 is 0 Å². The van der Waals surface area contributed by atoms with Crippen molar-refractivity contribution in [2.24, 2.45) is 22.2 Å². The summed E-state index contributed by atoms with van der Waals surface area (Å²) in [6.45, 7) is 14.1. The first kappa shape index (κ1) is 14.4. The van der Waals surface area contributed by atoms with E-state index in [1.165, 1.54) is 51.4 Å². The number of fused-ring (bicyclic) bond motifs is 2. The van der Waals surface area contributed by atoms with Gasteiger partial charge in [-0.05, 0) is 73.5 Å². The van der Waals surface area contributed by atoms with E-state index in [0.29, 0.717) is 16.2 Å². The Labute approximate surface area is 125 Å². The van der Waals surface area contributed by atoms with Gasteiger partial charge in [-0.2, -0.15) is 0 Å². The lowest BCUT2D eigenvalue weighted by molar-refractivity contribution is 0.0569. The van der Waals surface area contributed by atoms with Gasteiger partial charge < -0.3 is 0 Å². The molecule has 0 nitrogen and oxygen atoms in total. The fraction of sp³-hybridized carbons (Fsp3) is 0.800. The summed E-state index contributed by atoms with van der Waals surface area (Å²) in [4.78, 5) is 0. The van der Waals surface area contributed by atoms with E-state index >= 15 is 0 Å². The zero-order valence-electron chi connectivity index (χ0n) is 14.0. The third-order valence-electron chi connectivity index (χ3n) is 7.16. The van der Waals surface area contributed by atoms with Crippen LogP contribution in [0.4, 0.5) is 0 Å². The highest BCUT2D eigenvalue weighted by Crippen LogP contribution is 2.62. The predicted octanol–water partition coefficient (Wildman–Crippen LogP) is 6.29. The molecule has 0 aromatic carbocycles. The van der Waals surface area contributed by atoms with Crippen molar-refractivity contribution in [3.05, 3.63) is 23.8 Å². The zero-order chi connectivity index (χ0) is 14.6. The Morgan fingerprint density at radius 2 is 1.75 bits per heavy atom. The maximum Gasteiger partial charge on any atom is -0.00845 e. The van der Waals surface area contributed by atoms with Gasteiger partial charge in [-0.3, -0.25) is 0 Å². The molecule has 3 aliphatic rings. The van der Waals surface area contributed by atoms with Crippen molar-refractivity contribution in [3.63, 3.8) is 0 Å². The summed E-state index contributed by atoms with van der Waals surface area (Å²) in [7, 11) is 0. The molecule has 0 heteroatoms. The largest absolute Gasteiger partial charge is 0.103 e. The standard InChI is InChI=1S/C20H32/c1-6-19(4)12-13-20(5)15(14-19)9-10-16-17(20)8-7-11-18(16,2)3/h6,15H,1,7-14H2,2-5H3. The van der Waals surface area contributed by atoms with Gasteiger partial charge in [0.2, 0.25) is 0 Å². The summed E-state index contributed by atoms with van der Waals surface area (Å²) in [5.74, 6) is 0.895. The molecule has 3 rings (SSSR count). The van der Waals surface area contributed by atoms with E-state index in [-0.39, 0.29) is 0 Å². The van der Waals surface area contributed by atoms with Gasteiger partial charge in [0.25, 0.3) is 0 Å². The van der Waals surface area contributed by atoms with Crippen LogP contribution in [0.3, 0.4) is 0 Å². The molecular formula is C20H32. The number of hydrogen-bond acceptors (Lipinski definition) is 0. The number of allylic oxidation sites excluding steroid dienone is 3. The van der Waals surface area contributed by atoms with E-state index in [1.807, 2.05) is 11.1 Å². The van der Waals surface area contributed by atoms with Crippen LogP contribution < -0.4 is 0 Å². The molecule has 3 atom stereocenters. The SMILES string of the molecule is C=CC1(C)CCC2(C)C3=C(CCC2C1)C(C)(C)CCC3. The molecule has 0 amide bonds. The van der Waals surface area contributed by atoms with Gasteiger partial charge in [0, 0.05) is 0 Å². The molecule has 0 N–H and O–H groups in total. The lowest BCUT2D eigenvalue weighted by atomic mass is 9.49. The van der Waals surface area contributed by atoms with Crippen molar-refractivity contribution in [1.29, 1.82) is 0 Å². The Bertz CT molecular complexity index is 453.